The Kier molecular flexibility index (Phi) is 4.62. The van der Waals surface area contributed by atoms with Gasteiger partial charge in [0.05, 0.1) is 13.1 Å². The molecule has 4 nitrogen and oxygen atoms in total. The van der Waals surface area contributed by atoms with Gasteiger partial charge >= 0.3 is 6.03 Å². The molecule has 18 heavy (non-hydrogen) atoms. The standard InChI is InChI=1S/C13H17N3OS/c14-7-2-3-10-6-8-18-12(10)9-15-13(17)16-11-4-1-5-11/h6,8,11H,1,4-5,7,9,14H2,(H2,15,16,17). The average molecular weight is 263 g/mol. The van der Waals surface area contributed by atoms with Crippen molar-refractivity contribution in [3.63, 3.8) is 0 Å². The van der Waals surface area contributed by atoms with E-state index in [0.717, 1.165) is 23.3 Å². The Hall–Kier alpha value is -1.51. The maximum Gasteiger partial charge on any atom is 0.315 e. The van der Waals surface area contributed by atoms with Gasteiger partial charge in [0.15, 0.2) is 0 Å². The minimum Gasteiger partial charge on any atom is -0.335 e. The molecular weight excluding hydrogens is 246 g/mol. The van der Waals surface area contributed by atoms with E-state index >= 15 is 0 Å². The summed E-state index contributed by atoms with van der Waals surface area (Å²) in [7, 11) is 0. The lowest BCUT2D eigenvalue weighted by molar-refractivity contribution is 0.228. The van der Waals surface area contributed by atoms with Crippen LogP contribution < -0.4 is 16.4 Å². The Bertz CT molecular complexity index is 468. The fourth-order valence-corrected chi connectivity index (χ4v) is 2.45. The molecular formula is C13H17N3OS. The van der Waals surface area contributed by atoms with Crippen molar-refractivity contribution in [3.05, 3.63) is 21.9 Å². The molecule has 4 N–H and O–H groups in total. The lowest BCUT2D eigenvalue weighted by Crippen LogP contribution is -2.44. The van der Waals surface area contributed by atoms with Crippen molar-refractivity contribution in [3.8, 4) is 11.8 Å². The lowest BCUT2D eigenvalue weighted by atomic mass is 9.93. The summed E-state index contributed by atoms with van der Waals surface area (Å²) in [5.74, 6) is 5.83. The Morgan fingerprint density at radius 2 is 2.39 bits per heavy atom. The highest BCUT2D eigenvalue weighted by Gasteiger charge is 2.19. The van der Waals surface area contributed by atoms with E-state index in [1.807, 2.05) is 11.4 Å². The highest BCUT2D eigenvalue weighted by Crippen LogP contribution is 2.18. The summed E-state index contributed by atoms with van der Waals surface area (Å²) < 4.78 is 0. The molecule has 1 aliphatic carbocycles. The van der Waals surface area contributed by atoms with Crippen molar-refractivity contribution in [2.45, 2.75) is 31.8 Å². The van der Waals surface area contributed by atoms with Crippen LogP contribution in [0.2, 0.25) is 0 Å². The highest BCUT2D eigenvalue weighted by molar-refractivity contribution is 7.10. The van der Waals surface area contributed by atoms with Crippen molar-refractivity contribution in [1.29, 1.82) is 0 Å². The molecule has 0 aliphatic heterocycles. The first-order valence-corrected chi connectivity index (χ1v) is 6.97. The first-order chi connectivity index (χ1) is 8.79. The molecule has 0 radical (unpaired) electrons. The summed E-state index contributed by atoms with van der Waals surface area (Å²) in [6.07, 6.45) is 3.41. The van der Waals surface area contributed by atoms with Crippen LogP contribution in [0.15, 0.2) is 11.4 Å². The summed E-state index contributed by atoms with van der Waals surface area (Å²) >= 11 is 1.59. The Morgan fingerprint density at radius 3 is 3.06 bits per heavy atom. The molecule has 1 aliphatic rings. The van der Waals surface area contributed by atoms with Crippen LogP contribution in [0, 0.1) is 11.8 Å². The van der Waals surface area contributed by atoms with Gasteiger partial charge in [-0.25, -0.2) is 4.79 Å². The number of urea groups is 1. The van der Waals surface area contributed by atoms with Crippen molar-refractivity contribution in [2.24, 2.45) is 5.73 Å². The smallest absolute Gasteiger partial charge is 0.315 e. The second-order valence-corrected chi connectivity index (χ2v) is 5.22. The maximum atomic E-state index is 11.6. The maximum absolute atomic E-state index is 11.6. The van der Waals surface area contributed by atoms with Crippen molar-refractivity contribution >= 4 is 17.4 Å². The summed E-state index contributed by atoms with van der Waals surface area (Å²) in [4.78, 5) is 12.7. The Labute approximate surface area is 111 Å². The Balaban J connectivity index is 1.81. The van der Waals surface area contributed by atoms with Crippen LogP contribution in [0.4, 0.5) is 4.79 Å². The van der Waals surface area contributed by atoms with E-state index in [1.54, 1.807) is 11.3 Å². The largest absolute Gasteiger partial charge is 0.335 e. The van der Waals surface area contributed by atoms with Gasteiger partial charge in [-0.15, -0.1) is 11.3 Å². The molecule has 1 aromatic heterocycles. The normalized spacial score (nSPS) is 14.3. The van der Waals surface area contributed by atoms with Crippen molar-refractivity contribution < 1.29 is 4.79 Å². The van der Waals surface area contributed by atoms with E-state index in [4.69, 9.17) is 5.73 Å². The molecule has 0 unspecified atom stereocenters. The number of carbonyl (C=O) groups is 1. The van der Waals surface area contributed by atoms with Gasteiger partial charge in [-0.1, -0.05) is 11.8 Å². The average Bonchev–Trinajstić information content (AvgIpc) is 2.76. The zero-order chi connectivity index (χ0) is 12.8. The second-order valence-electron chi connectivity index (χ2n) is 4.22. The lowest BCUT2D eigenvalue weighted by Gasteiger charge is -2.26. The highest BCUT2D eigenvalue weighted by atomic mass is 32.1. The zero-order valence-electron chi connectivity index (χ0n) is 10.2. The third kappa shape index (κ3) is 3.49. The summed E-state index contributed by atoms with van der Waals surface area (Å²) in [6.45, 7) is 0.871. The zero-order valence-corrected chi connectivity index (χ0v) is 11.0. The minimum atomic E-state index is -0.0918. The van der Waals surface area contributed by atoms with E-state index in [0.29, 0.717) is 19.1 Å². The number of carbonyl (C=O) groups excluding carboxylic acids is 1. The number of thiophene rings is 1. The molecule has 1 aromatic rings. The van der Waals surface area contributed by atoms with E-state index in [2.05, 4.69) is 22.5 Å². The minimum absolute atomic E-state index is 0.0918. The fraction of sp³-hybridized carbons (Fsp3) is 0.462. The number of hydrogen-bond acceptors (Lipinski definition) is 3. The van der Waals surface area contributed by atoms with Crippen LogP contribution >= 0.6 is 11.3 Å². The molecule has 0 saturated heterocycles. The van der Waals surface area contributed by atoms with Gasteiger partial charge in [0.25, 0.3) is 0 Å². The monoisotopic (exact) mass is 263 g/mol. The van der Waals surface area contributed by atoms with E-state index in [-0.39, 0.29) is 6.03 Å². The molecule has 0 atom stereocenters. The van der Waals surface area contributed by atoms with Gasteiger partial charge in [0.2, 0.25) is 0 Å². The van der Waals surface area contributed by atoms with E-state index < -0.39 is 0 Å². The number of rotatable bonds is 3. The number of nitrogens with one attached hydrogen (secondary N) is 2. The summed E-state index contributed by atoms with van der Waals surface area (Å²) in [6, 6.07) is 2.23. The molecule has 0 aromatic carbocycles. The van der Waals surface area contributed by atoms with Gasteiger partial charge in [0.1, 0.15) is 0 Å². The van der Waals surface area contributed by atoms with Crippen LogP contribution in [0.3, 0.4) is 0 Å². The van der Waals surface area contributed by atoms with Crippen LogP contribution in [0.1, 0.15) is 29.7 Å². The van der Waals surface area contributed by atoms with Gasteiger partial charge < -0.3 is 16.4 Å². The van der Waals surface area contributed by atoms with Gasteiger partial charge in [-0.3, -0.25) is 0 Å². The first-order valence-electron chi connectivity index (χ1n) is 6.09. The molecule has 0 spiro atoms. The van der Waals surface area contributed by atoms with Crippen LogP contribution in [-0.4, -0.2) is 18.6 Å². The van der Waals surface area contributed by atoms with Crippen LogP contribution in [0.25, 0.3) is 0 Å². The quantitative estimate of drug-likeness (QED) is 0.722. The SMILES string of the molecule is NCC#Cc1ccsc1CNC(=O)NC1CCC1. The fourth-order valence-electron chi connectivity index (χ4n) is 1.68. The summed E-state index contributed by atoms with van der Waals surface area (Å²) in [5, 5.41) is 7.78. The number of hydrogen-bond donors (Lipinski definition) is 3. The van der Waals surface area contributed by atoms with E-state index in [1.165, 1.54) is 6.42 Å². The molecule has 1 fully saturated rings. The van der Waals surface area contributed by atoms with Gasteiger partial charge in [-0.2, -0.15) is 0 Å². The number of nitrogens with two attached hydrogens (primary N) is 1. The predicted octanol–water partition coefficient (Wildman–Crippen LogP) is 1.41. The first kappa shape index (κ1) is 12.9. The molecule has 2 amide bonds. The van der Waals surface area contributed by atoms with Crippen LogP contribution in [-0.2, 0) is 6.54 Å². The molecule has 1 saturated carbocycles. The van der Waals surface area contributed by atoms with Gasteiger partial charge in [0, 0.05) is 16.5 Å². The Morgan fingerprint density at radius 1 is 1.56 bits per heavy atom. The molecule has 0 bridgehead atoms. The second kappa shape index (κ2) is 6.43. The van der Waals surface area contributed by atoms with Crippen molar-refractivity contribution in [2.75, 3.05) is 6.54 Å². The third-order valence-corrected chi connectivity index (χ3v) is 3.84. The van der Waals surface area contributed by atoms with Crippen LogP contribution in [0.5, 0.6) is 0 Å². The third-order valence-electron chi connectivity index (χ3n) is 2.92. The summed E-state index contributed by atoms with van der Waals surface area (Å²) in [5.41, 5.74) is 6.30. The predicted molar refractivity (Wildman–Crippen MR) is 73.3 cm³/mol. The molecule has 2 rings (SSSR count). The molecule has 96 valence electrons. The van der Waals surface area contributed by atoms with E-state index in [9.17, 15) is 4.79 Å². The van der Waals surface area contributed by atoms with Crippen molar-refractivity contribution in [1.82, 2.24) is 10.6 Å². The molecule has 1 heterocycles. The topological polar surface area (TPSA) is 67.1 Å². The number of amides is 2. The van der Waals surface area contributed by atoms with Gasteiger partial charge in [-0.05, 0) is 30.7 Å². The molecule has 5 heteroatoms.